The van der Waals surface area contributed by atoms with Gasteiger partial charge in [0, 0.05) is 46.9 Å². The zero-order valence-corrected chi connectivity index (χ0v) is 6.21. The van der Waals surface area contributed by atoms with Gasteiger partial charge in [0.25, 0.3) is 0 Å². The van der Waals surface area contributed by atoms with E-state index < -0.39 is 0 Å². The van der Waals surface area contributed by atoms with E-state index in [2.05, 4.69) is 0 Å². The zero-order valence-electron chi connectivity index (χ0n) is 3.68. The molecule has 0 aliphatic rings. The largest absolute Gasteiger partial charge is 0.412 e. The molecular weight excluding hydrogens is 304 g/mol. The van der Waals surface area contributed by atoms with E-state index in [0.717, 1.165) is 0 Å². The summed E-state index contributed by atoms with van der Waals surface area (Å²) in [4.78, 5) is 0. The van der Waals surface area contributed by atoms with E-state index in [1.54, 1.807) is 0 Å². The van der Waals surface area contributed by atoms with E-state index in [0.29, 0.717) is 0 Å². The van der Waals surface area contributed by atoms with Crippen molar-refractivity contribution in [3.8, 4) is 0 Å². The molecule has 0 saturated heterocycles. The van der Waals surface area contributed by atoms with Gasteiger partial charge in [0.2, 0.25) is 0 Å². The Morgan fingerprint density at radius 1 is 0.375 bits per heavy atom. The summed E-state index contributed by atoms with van der Waals surface area (Å²) in [6, 6.07) is 0. The Balaban J connectivity index is 0. The Bertz CT molecular complexity index is 8.49. The molecule has 0 saturated carbocycles. The van der Waals surface area contributed by atoms with Crippen LogP contribution >= 0.6 is 12.4 Å². The van der Waals surface area contributed by atoms with Gasteiger partial charge in [-0.05, 0) is 0 Å². The van der Waals surface area contributed by atoms with Crippen molar-refractivity contribution in [2.45, 2.75) is 0 Å². The van der Waals surface area contributed by atoms with Crippen LogP contribution < -0.4 is 0 Å². The second-order valence-electron chi connectivity index (χ2n) is 0. The fraction of sp³-hybridized carbons (Fsp3) is 0. The molecule has 70 valence electrons. The van der Waals surface area contributed by atoms with Crippen LogP contribution in [0, 0.1) is 46.9 Å². The quantitative estimate of drug-likeness (QED) is 0.416. The first kappa shape index (κ1) is 285. The van der Waals surface area contributed by atoms with E-state index in [-0.39, 0.29) is 92.2 Å². The van der Waals surface area contributed by atoms with Crippen molar-refractivity contribution in [3.63, 3.8) is 0 Å². The van der Waals surface area contributed by atoms with Crippen LogP contribution in [0.25, 0.3) is 0 Å². The SMILES string of the molecule is Cl.O.O.O.O.O.O.[Yb]. The molecule has 0 aromatic heterocycles. The van der Waals surface area contributed by atoms with Gasteiger partial charge in [-0.1, -0.05) is 0 Å². The third-order valence-electron chi connectivity index (χ3n) is 0. The van der Waals surface area contributed by atoms with Crippen LogP contribution in [-0.2, 0) is 0 Å². The van der Waals surface area contributed by atoms with Gasteiger partial charge in [0.05, 0.1) is 0 Å². The summed E-state index contributed by atoms with van der Waals surface area (Å²) in [5, 5.41) is 0. The van der Waals surface area contributed by atoms with E-state index >= 15 is 0 Å². The van der Waals surface area contributed by atoms with Crippen LogP contribution in [0.5, 0.6) is 0 Å². The normalized spacial score (nSPS) is 0. The standard InChI is InChI=1S/ClH.6H2O.Yb/h1H;6*1H2;. The second-order valence-corrected chi connectivity index (χ2v) is 0. The van der Waals surface area contributed by atoms with Crippen LogP contribution in [0.15, 0.2) is 0 Å². The van der Waals surface area contributed by atoms with Gasteiger partial charge in [0.1, 0.15) is 0 Å². The monoisotopic (exact) mass is 318 g/mol. The summed E-state index contributed by atoms with van der Waals surface area (Å²) in [6.45, 7) is 0. The van der Waals surface area contributed by atoms with Crippen LogP contribution in [0.2, 0.25) is 0 Å². The summed E-state index contributed by atoms with van der Waals surface area (Å²) in [5.74, 6) is 0. The first-order valence-corrected chi connectivity index (χ1v) is 0. The topological polar surface area (TPSA) is 189 Å². The Morgan fingerprint density at radius 2 is 0.375 bits per heavy atom. The summed E-state index contributed by atoms with van der Waals surface area (Å²) < 4.78 is 0. The van der Waals surface area contributed by atoms with Crippen molar-refractivity contribution in [2.75, 3.05) is 0 Å². The molecule has 0 radical (unpaired) electrons. The summed E-state index contributed by atoms with van der Waals surface area (Å²) >= 11 is 0. The van der Waals surface area contributed by atoms with Crippen LogP contribution in [0.1, 0.15) is 0 Å². The molecule has 0 aromatic carbocycles. The molecule has 6 nitrogen and oxygen atoms in total. The molecule has 0 unspecified atom stereocenters. The maximum Gasteiger partial charge on any atom is 0 e. The number of halogens is 1. The summed E-state index contributed by atoms with van der Waals surface area (Å²) in [6.07, 6.45) is 0. The molecule has 0 aliphatic heterocycles. The molecule has 8 heteroatoms. The minimum Gasteiger partial charge on any atom is -0.412 e. The Hall–Kier alpha value is 1.57. The predicted molar refractivity (Wildman–Crippen MR) is 28.9 cm³/mol. The number of rotatable bonds is 0. The molecule has 8 heavy (non-hydrogen) atoms. The van der Waals surface area contributed by atoms with Crippen molar-refractivity contribution >= 4 is 12.4 Å². The van der Waals surface area contributed by atoms with Gasteiger partial charge in [-0.3, -0.25) is 0 Å². The number of hydrogen-bond acceptors (Lipinski definition) is 0. The molecule has 0 fully saturated rings. The number of hydrogen-bond donors (Lipinski definition) is 0. The van der Waals surface area contributed by atoms with Gasteiger partial charge in [0.15, 0.2) is 0 Å². The molecule has 0 rings (SSSR count). The fourth-order valence-electron chi connectivity index (χ4n) is 0. The van der Waals surface area contributed by atoms with Gasteiger partial charge in [-0.25, -0.2) is 0 Å². The third kappa shape index (κ3) is 133. The van der Waals surface area contributed by atoms with E-state index in [1.165, 1.54) is 0 Å². The van der Waals surface area contributed by atoms with Crippen LogP contribution in [0.3, 0.4) is 0 Å². The molecule has 0 aromatic rings. The van der Waals surface area contributed by atoms with Crippen molar-refractivity contribution in [1.29, 1.82) is 0 Å². The van der Waals surface area contributed by atoms with Crippen LogP contribution in [0.4, 0.5) is 0 Å². The summed E-state index contributed by atoms with van der Waals surface area (Å²) in [7, 11) is 0. The molecule has 0 heterocycles. The van der Waals surface area contributed by atoms with Gasteiger partial charge in [-0.2, -0.15) is 0 Å². The van der Waals surface area contributed by atoms with Gasteiger partial charge < -0.3 is 32.9 Å². The van der Waals surface area contributed by atoms with Crippen molar-refractivity contribution < 1.29 is 79.8 Å². The zero-order chi connectivity index (χ0) is 0. The molecule has 0 bridgehead atoms. The molecule has 0 amide bonds. The Labute approximate surface area is 91.1 Å². The van der Waals surface area contributed by atoms with E-state index in [9.17, 15) is 0 Å². The van der Waals surface area contributed by atoms with Crippen LogP contribution in [-0.4, -0.2) is 32.9 Å². The Morgan fingerprint density at radius 3 is 0.375 bits per heavy atom. The Kier molecular flexibility index (Phi) is 7110. The smallest absolute Gasteiger partial charge is 0 e. The molecule has 0 spiro atoms. The minimum atomic E-state index is 0. The average molecular weight is 318 g/mol. The minimum absolute atomic E-state index is 0. The van der Waals surface area contributed by atoms with Crippen molar-refractivity contribution in [1.82, 2.24) is 0 Å². The molecule has 0 aliphatic carbocycles. The van der Waals surface area contributed by atoms with Crippen molar-refractivity contribution in [2.24, 2.45) is 0 Å². The molecule has 0 atom stereocenters. The predicted octanol–water partition coefficient (Wildman–Crippen LogP) is -4.53. The molecular formula is H13ClO6Yb. The van der Waals surface area contributed by atoms with E-state index in [1.807, 2.05) is 0 Å². The third-order valence-corrected chi connectivity index (χ3v) is 0. The maximum absolute atomic E-state index is 0. The maximum atomic E-state index is 0. The second kappa shape index (κ2) is 199. The van der Waals surface area contributed by atoms with E-state index in [4.69, 9.17) is 0 Å². The average Bonchev–Trinajstić information content (AvgIpc) is 0. The summed E-state index contributed by atoms with van der Waals surface area (Å²) in [5.41, 5.74) is 0. The van der Waals surface area contributed by atoms with Gasteiger partial charge in [-0.15, -0.1) is 12.4 Å². The first-order valence-electron chi connectivity index (χ1n) is 0. The van der Waals surface area contributed by atoms with Crippen molar-refractivity contribution in [3.05, 3.63) is 0 Å². The first-order chi connectivity index (χ1) is 0. The fourth-order valence-corrected chi connectivity index (χ4v) is 0. The molecule has 12 N–H and O–H groups in total. The van der Waals surface area contributed by atoms with Gasteiger partial charge >= 0.3 is 0 Å².